The van der Waals surface area contributed by atoms with Crippen LogP contribution in [0.15, 0.2) is 11.1 Å². The van der Waals surface area contributed by atoms with Crippen LogP contribution in [-0.2, 0) is 7.05 Å². The monoisotopic (exact) mass is 168 g/mol. The third kappa shape index (κ3) is 1.06. The molecular formula is C7H12N4O. The Bertz CT molecular complexity index is 320. The van der Waals surface area contributed by atoms with E-state index in [2.05, 4.69) is 10.4 Å². The summed E-state index contributed by atoms with van der Waals surface area (Å²) in [7, 11) is 1.67. The molecule has 0 aromatic carbocycles. The van der Waals surface area contributed by atoms with E-state index in [1.165, 1.54) is 4.68 Å². The highest BCUT2D eigenvalue weighted by Crippen LogP contribution is 2.10. The van der Waals surface area contributed by atoms with Crippen molar-refractivity contribution >= 4 is 0 Å². The third-order valence-corrected chi connectivity index (χ3v) is 2.27. The van der Waals surface area contributed by atoms with Crippen LogP contribution in [0.1, 0.15) is 12.5 Å². The lowest BCUT2D eigenvalue weighted by atomic mass is 10.3. The summed E-state index contributed by atoms with van der Waals surface area (Å²) in [6.45, 7) is 1.87. The van der Waals surface area contributed by atoms with Gasteiger partial charge in [0.05, 0.1) is 6.04 Å². The molecule has 0 aliphatic carbocycles. The van der Waals surface area contributed by atoms with Crippen LogP contribution in [0.2, 0.25) is 0 Å². The van der Waals surface area contributed by atoms with Gasteiger partial charge in [0.25, 0.3) is 0 Å². The molecule has 0 spiro atoms. The summed E-state index contributed by atoms with van der Waals surface area (Å²) in [4.78, 5) is 11.4. The van der Waals surface area contributed by atoms with Crippen molar-refractivity contribution < 1.29 is 0 Å². The van der Waals surface area contributed by atoms with E-state index in [9.17, 15) is 4.79 Å². The van der Waals surface area contributed by atoms with Crippen molar-refractivity contribution in [3.63, 3.8) is 0 Å². The Morgan fingerprint density at radius 1 is 1.75 bits per heavy atom. The molecule has 0 unspecified atom stereocenters. The molecule has 12 heavy (non-hydrogen) atoms. The maximum absolute atomic E-state index is 11.4. The van der Waals surface area contributed by atoms with E-state index in [-0.39, 0.29) is 5.69 Å². The van der Waals surface area contributed by atoms with Crippen LogP contribution in [0, 0.1) is 0 Å². The average molecular weight is 168 g/mol. The van der Waals surface area contributed by atoms with Gasteiger partial charge in [-0.05, 0) is 13.0 Å². The second kappa shape index (κ2) is 2.75. The van der Waals surface area contributed by atoms with Gasteiger partial charge in [-0.1, -0.05) is 0 Å². The molecule has 1 fully saturated rings. The fraction of sp³-hybridized carbons (Fsp3) is 0.714. The van der Waals surface area contributed by atoms with Gasteiger partial charge in [0, 0.05) is 13.6 Å². The van der Waals surface area contributed by atoms with E-state index >= 15 is 0 Å². The van der Waals surface area contributed by atoms with Crippen LogP contribution in [0.25, 0.3) is 0 Å². The fourth-order valence-corrected chi connectivity index (χ4v) is 1.53. The Morgan fingerprint density at radius 3 is 3.08 bits per heavy atom. The molecule has 2 rings (SSSR count). The summed E-state index contributed by atoms with van der Waals surface area (Å²) >= 11 is 0. The number of aryl methyl sites for hydroxylation is 1. The maximum Gasteiger partial charge on any atom is 0.345 e. The van der Waals surface area contributed by atoms with Crippen molar-refractivity contribution in [2.75, 3.05) is 13.1 Å². The topological polar surface area (TPSA) is 51.9 Å². The standard InChI is InChI=1S/C7H12N4O/c1-10-7(12)11(5-9-10)6-2-3-8-4-6/h5-6,8H,2-4H2,1H3/t6-/m0/s1. The van der Waals surface area contributed by atoms with Crippen LogP contribution in [-0.4, -0.2) is 27.4 Å². The Hall–Kier alpha value is -1.10. The van der Waals surface area contributed by atoms with E-state index in [1.807, 2.05) is 0 Å². The number of rotatable bonds is 1. The van der Waals surface area contributed by atoms with E-state index in [0.29, 0.717) is 6.04 Å². The molecule has 0 bridgehead atoms. The summed E-state index contributed by atoms with van der Waals surface area (Å²) in [6, 6.07) is 0.297. The first kappa shape index (κ1) is 7.54. The first-order valence-electron chi connectivity index (χ1n) is 4.10. The van der Waals surface area contributed by atoms with Gasteiger partial charge >= 0.3 is 5.69 Å². The van der Waals surface area contributed by atoms with Crippen molar-refractivity contribution in [1.29, 1.82) is 0 Å². The quantitative estimate of drug-likeness (QED) is 0.592. The lowest BCUT2D eigenvalue weighted by molar-refractivity contribution is 0.522. The van der Waals surface area contributed by atoms with Crippen molar-refractivity contribution in [1.82, 2.24) is 19.7 Å². The van der Waals surface area contributed by atoms with Gasteiger partial charge in [-0.2, -0.15) is 5.10 Å². The van der Waals surface area contributed by atoms with Gasteiger partial charge in [-0.15, -0.1) is 0 Å². The molecule has 1 aromatic heterocycles. The van der Waals surface area contributed by atoms with Gasteiger partial charge < -0.3 is 5.32 Å². The second-order valence-electron chi connectivity index (χ2n) is 3.09. The highest BCUT2D eigenvalue weighted by molar-refractivity contribution is 4.81. The van der Waals surface area contributed by atoms with Crippen LogP contribution in [0.5, 0.6) is 0 Å². The molecule has 1 aliphatic rings. The van der Waals surface area contributed by atoms with Crippen molar-refractivity contribution in [2.24, 2.45) is 7.05 Å². The molecule has 5 nitrogen and oxygen atoms in total. The van der Waals surface area contributed by atoms with Gasteiger partial charge in [-0.3, -0.25) is 4.57 Å². The Kier molecular flexibility index (Phi) is 1.73. The third-order valence-electron chi connectivity index (χ3n) is 2.27. The van der Waals surface area contributed by atoms with Crippen LogP contribution < -0.4 is 11.0 Å². The SMILES string of the molecule is Cn1ncn([C@H]2CCNC2)c1=O. The zero-order chi connectivity index (χ0) is 8.55. The number of hydrogen-bond donors (Lipinski definition) is 1. The van der Waals surface area contributed by atoms with Gasteiger partial charge in [0.2, 0.25) is 0 Å². The minimum Gasteiger partial charge on any atom is -0.315 e. The predicted octanol–water partition coefficient (Wildman–Crippen LogP) is -0.884. The fourth-order valence-electron chi connectivity index (χ4n) is 1.53. The van der Waals surface area contributed by atoms with E-state index < -0.39 is 0 Å². The molecule has 0 amide bonds. The average Bonchev–Trinajstić information content (AvgIpc) is 2.64. The van der Waals surface area contributed by atoms with E-state index in [4.69, 9.17) is 0 Å². The first-order chi connectivity index (χ1) is 5.79. The number of nitrogens with zero attached hydrogens (tertiary/aromatic N) is 3. The largest absolute Gasteiger partial charge is 0.345 e. The summed E-state index contributed by atoms with van der Waals surface area (Å²) in [5.74, 6) is 0. The minimum atomic E-state index is -0.0244. The molecular weight excluding hydrogens is 156 g/mol. The predicted molar refractivity (Wildman–Crippen MR) is 44.0 cm³/mol. The lowest BCUT2D eigenvalue weighted by Crippen LogP contribution is -2.27. The van der Waals surface area contributed by atoms with Gasteiger partial charge in [0.15, 0.2) is 0 Å². The smallest absolute Gasteiger partial charge is 0.315 e. The molecule has 66 valence electrons. The molecule has 1 atom stereocenters. The summed E-state index contributed by atoms with van der Waals surface area (Å²) in [5, 5.41) is 7.11. The zero-order valence-corrected chi connectivity index (χ0v) is 7.03. The van der Waals surface area contributed by atoms with Gasteiger partial charge in [0.1, 0.15) is 6.33 Å². The Labute approximate surface area is 70.0 Å². The van der Waals surface area contributed by atoms with Crippen molar-refractivity contribution in [3.8, 4) is 0 Å². The summed E-state index contributed by atoms with van der Waals surface area (Å²) in [6.07, 6.45) is 2.63. The van der Waals surface area contributed by atoms with Crippen LogP contribution >= 0.6 is 0 Å². The van der Waals surface area contributed by atoms with E-state index in [1.54, 1.807) is 17.9 Å². The Balaban J connectivity index is 2.33. The molecule has 0 radical (unpaired) electrons. The van der Waals surface area contributed by atoms with Crippen molar-refractivity contribution in [3.05, 3.63) is 16.8 Å². The van der Waals surface area contributed by atoms with Gasteiger partial charge in [-0.25, -0.2) is 9.48 Å². The van der Waals surface area contributed by atoms with E-state index in [0.717, 1.165) is 19.5 Å². The number of hydrogen-bond acceptors (Lipinski definition) is 3. The zero-order valence-electron chi connectivity index (χ0n) is 7.03. The van der Waals surface area contributed by atoms with Crippen molar-refractivity contribution in [2.45, 2.75) is 12.5 Å². The summed E-state index contributed by atoms with van der Waals surface area (Å²) in [5.41, 5.74) is -0.0244. The maximum atomic E-state index is 11.4. The first-order valence-corrected chi connectivity index (χ1v) is 4.10. The molecule has 1 N–H and O–H groups in total. The molecule has 5 heteroatoms. The lowest BCUT2D eigenvalue weighted by Gasteiger charge is -2.06. The number of aromatic nitrogens is 3. The molecule has 1 aliphatic heterocycles. The molecule has 1 saturated heterocycles. The highest BCUT2D eigenvalue weighted by Gasteiger charge is 2.18. The Morgan fingerprint density at radius 2 is 2.58 bits per heavy atom. The normalized spacial score (nSPS) is 23.2. The molecule has 2 heterocycles. The molecule has 1 aromatic rings. The molecule has 0 saturated carbocycles. The number of nitrogens with one attached hydrogen (secondary N) is 1. The minimum absolute atomic E-state index is 0.0244. The second-order valence-corrected chi connectivity index (χ2v) is 3.09. The summed E-state index contributed by atoms with van der Waals surface area (Å²) < 4.78 is 3.05. The van der Waals surface area contributed by atoms with Crippen LogP contribution in [0.3, 0.4) is 0 Å². The van der Waals surface area contributed by atoms with Crippen LogP contribution in [0.4, 0.5) is 0 Å². The highest BCUT2D eigenvalue weighted by atomic mass is 16.2.